The van der Waals surface area contributed by atoms with E-state index in [4.69, 9.17) is 10.5 Å². The normalized spacial score (nSPS) is 27.2. The molecule has 0 spiro atoms. The Morgan fingerprint density at radius 2 is 1.80 bits per heavy atom. The molecule has 2 aliphatic rings. The van der Waals surface area contributed by atoms with E-state index in [1.54, 1.807) is 0 Å². The third-order valence-electron chi connectivity index (χ3n) is 5.36. The first-order chi connectivity index (χ1) is 9.66. The van der Waals surface area contributed by atoms with Gasteiger partial charge in [0.05, 0.1) is 6.61 Å². The van der Waals surface area contributed by atoms with Crippen LogP contribution < -0.4 is 5.73 Å². The van der Waals surface area contributed by atoms with Crippen LogP contribution in [0.25, 0.3) is 0 Å². The Morgan fingerprint density at radius 3 is 2.35 bits per heavy atom. The Balaban J connectivity index is 1.63. The first kappa shape index (κ1) is 15.9. The lowest BCUT2D eigenvalue weighted by atomic mass is 9.25. The van der Waals surface area contributed by atoms with Gasteiger partial charge in [-0.3, -0.25) is 4.79 Å². The number of hydrogen-bond acceptors (Lipinski definition) is 3. The molecule has 2 saturated heterocycles. The van der Waals surface area contributed by atoms with E-state index in [1.165, 1.54) is 51.8 Å². The lowest BCUT2D eigenvalue weighted by Gasteiger charge is -2.41. The summed E-state index contributed by atoms with van der Waals surface area (Å²) < 4.78 is 4.95. The molecule has 0 amide bonds. The molecule has 2 rings (SSSR count). The van der Waals surface area contributed by atoms with E-state index in [2.05, 4.69) is 0 Å². The number of ether oxygens (including phenoxy) is 1. The predicted octanol–water partition coefficient (Wildman–Crippen LogP) is 3.65. The minimum absolute atomic E-state index is 0.177. The molecule has 0 radical (unpaired) electrons. The standard InChI is InChI=1S/C16H30BNO2/c1-13(19)20-11-3-2-10-16(18)12-17-14-6-4-7-15(17)9-5-8-14/h14-16H,2-12,18H2,1H3. The lowest BCUT2D eigenvalue weighted by Crippen LogP contribution is -2.39. The summed E-state index contributed by atoms with van der Waals surface area (Å²) in [5.74, 6) is 1.76. The first-order valence-electron chi connectivity index (χ1n) is 8.55. The molecular weight excluding hydrogens is 249 g/mol. The first-order valence-corrected chi connectivity index (χ1v) is 8.55. The van der Waals surface area contributed by atoms with Gasteiger partial charge >= 0.3 is 5.97 Å². The highest BCUT2D eigenvalue weighted by atomic mass is 16.5. The SMILES string of the molecule is CC(=O)OCCCCC(N)CB1C2CCCC1CCC2. The highest BCUT2D eigenvalue weighted by Gasteiger charge is 2.39. The molecule has 2 aliphatic heterocycles. The number of hydrogen-bond donors (Lipinski definition) is 1. The summed E-state index contributed by atoms with van der Waals surface area (Å²) in [6, 6.07) is 0.346. The summed E-state index contributed by atoms with van der Waals surface area (Å²) in [4.78, 5) is 10.7. The summed E-state index contributed by atoms with van der Waals surface area (Å²) in [5, 5.41) is 0. The van der Waals surface area contributed by atoms with Crippen molar-refractivity contribution in [1.82, 2.24) is 0 Å². The van der Waals surface area contributed by atoms with E-state index in [1.807, 2.05) is 0 Å². The summed E-state index contributed by atoms with van der Waals surface area (Å²) in [6.45, 7) is 2.92. The number of rotatable bonds is 7. The zero-order chi connectivity index (χ0) is 14.4. The van der Waals surface area contributed by atoms with Crippen molar-refractivity contribution in [1.29, 1.82) is 0 Å². The molecule has 4 heteroatoms. The zero-order valence-corrected chi connectivity index (χ0v) is 13.0. The van der Waals surface area contributed by atoms with Gasteiger partial charge in [-0.25, -0.2) is 0 Å². The molecule has 1 atom stereocenters. The number of carbonyl (C=O) groups excluding carboxylic acids is 1. The largest absolute Gasteiger partial charge is 0.466 e. The molecule has 20 heavy (non-hydrogen) atoms. The van der Waals surface area contributed by atoms with Gasteiger partial charge in [-0.2, -0.15) is 0 Å². The predicted molar refractivity (Wildman–Crippen MR) is 84.2 cm³/mol. The molecule has 0 saturated carbocycles. The van der Waals surface area contributed by atoms with Crippen LogP contribution in [0.15, 0.2) is 0 Å². The van der Waals surface area contributed by atoms with Crippen LogP contribution in [0.2, 0.25) is 18.0 Å². The molecule has 2 heterocycles. The summed E-state index contributed by atoms with van der Waals surface area (Å²) >= 11 is 0. The molecule has 1 unspecified atom stereocenters. The minimum Gasteiger partial charge on any atom is -0.466 e. The molecule has 2 N–H and O–H groups in total. The van der Waals surface area contributed by atoms with Crippen LogP contribution in [-0.2, 0) is 9.53 Å². The fourth-order valence-corrected chi connectivity index (χ4v) is 4.39. The molecule has 3 nitrogen and oxygen atoms in total. The molecule has 0 aliphatic carbocycles. The van der Waals surface area contributed by atoms with Crippen molar-refractivity contribution in [2.75, 3.05) is 6.61 Å². The maximum absolute atomic E-state index is 10.7. The Bertz CT molecular complexity index is 289. The second-order valence-corrected chi connectivity index (χ2v) is 6.88. The van der Waals surface area contributed by atoms with E-state index >= 15 is 0 Å². The van der Waals surface area contributed by atoms with Crippen LogP contribution >= 0.6 is 0 Å². The van der Waals surface area contributed by atoms with Gasteiger partial charge in [0.2, 0.25) is 0 Å². The van der Waals surface area contributed by atoms with Gasteiger partial charge in [0.1, 0.15) is 6.71 Å². The smallest absolute Gasteiger partial charge is 0.302 e. The van der Waals surface area contributed by atoms with Gasteiger partial charge in [0.15, 0.2) is 0 Å². The molecule has 0 aromatic heterocycles. The average Bonchev–Trinajstić information content (AvgIpc) is 2.37. The van der Waals surface area contributed by atoms with Crippen LogP contribution in [0.3, 0.4) is 0 Å². The molecular formula is C16H30BNO2. The van der Waals surface area contributed by atoms with Crippen LogP contribution in [0.1, 0.15) is 64.7 Å². The van der Waals surface area contributed by atoms with Crippen molar-refractivity contribution >= 4 is 12.7 Å². The van der Waals surface area contributed by atoms with Crippen molar-refractivity contribution < 1.29 is 9.53 Å². The fraction of sp³-hybridized carbons (Fsp3) is 0.938. The third-order valence-corrected chi connectivity index (χ3v) is 5.36. The van der Waals surface area contributed by atoms with Gasteiger partial charge in [0, 0.05) is 6.92 Å². The Morgan fingerprint density at radius 1 is 1.20 bits per heavy atom. The number of fused-ring (bicyclic) bond motifs is 2. The minimum atomic E-state index is -0.177. The highest BCUT2D eigenvalue weighted by molar-refractivity contribution is 6.62. The topological polar surface area (TPSA) is 52.3 Å². The van der Waals surface area contributed by atoms with Crippen molar-refractivity contribution in [2.45, 2.75) is 88.7 Å². The van der Waals surface area contributed by atoms with Crippen LogP contribution in [0.4, 0.5) is 0 Å². The highest BCUT2D eigenvalue weighted by Crippen LogP contribution is 2.48. The van der Waals surface area contributed by atoms with E-state index < -0.39 is 0 Å². The number of unbranched alkanes of at least 4 members (excludes halogenated alkanes) is 1. The van der Waals surface area contributed by atoms with Gasteiger partial charge in [-0.15, -0.1) is 0 Å². The number of esters is 1. The zero-order valence-electron chi connectivity index (χ0n) is 13.0. The van der Waals surface area contributed by atoms with E-state index in [9.17, 15) is 4.79 Å². The monoisotopic (exact) mass is 279 g/mol. The second-order valence-electron chi connectivity index (χ2n) is 6.88. The van der Waals surface area contributed by atoms with Gasteiger partial charge < -0.3 is 10.5 Å². The van der Waals surface area contributed by atoms with E-state index in [-0.39, 0.29) is 5.97 Å². The van der Waals surface area contributed by atoms with Crippen LogP contribution in [0.5, 0.6) is 0 Å². The average molecular weight is 279 g/mol. The molecule has 0 aromatic carbocycles. The second kappa shape index (κ2) is 8.06. The van der Waals surface area contributed by atoms with Crippen molar-refractivity contribution in [2.24, 2.45) is 5.73 Å². The van der Waals surface area contributed by atoms with E-state index in [0.717, 1.165) is 37.6 Å². The lowest BCUT2D eigenvalue weighted by molar-refractivity contribution is -0.141. The Hall–Kier alpha value is -0.505. The fourth-order valence-electron chi connectivity index (χ4n) is 4.39. The quantitative estimate of drug-likeness (QED) is 0.439. The summed E-state index contributed by atoms with van der Waals surface area (Å²) in [7, 11) is 0. The van der Waals surface area contributed by atoms with Gasteiger partial charge in [0.25, 0.3) is 0 Å². The summed E-state index contributed by atoms with van der Waals surface area (Å²) in [5.41, 5.74) is 6.34. The van der Waals surface area contributed by atoms with Gasteiger partial charge in [-0.05, 0) is 25.3 Å². The van der Waals surface area contributed by atoms with Crippen LogP contribution in [-0.4, -0.2) is 25.3 Å². The molecule has 0 aromatic rings. The number of carbonyl (C=O) groups is 1. The van der Waals surface area contributed by atoms with Crippen molar-refractivity contribution in [3.05, 3.63) is 0 Å². The van der Waals surface area contributed by atoms with Crippen LogP contribution in [0, 0.1) is 0 Å². The molecule has 2 fully saturated rings. The maximum atomic E-state index is 10.7. The third kappa shape index (κ3) is 4.80. The Labute approximate surface area is 124 Å². The summed E-state index contributed by atoms with van der Waals surface area (Å²) in [6.07, 6.45) is 13.0. The van der Waals surface area contributed by atoms with Crippen molar-refractivity contribution in [3.8, 4) is 0 Å². The van der Waals surface area contributed by atoms with E-state index in [0.29, 0.717) is 12.6 Å². The Kier molecular flexibility index (Phi) is 6.40. The maximum Gasteiger partial charge on any atom is 0.302 e. The van der Waals surface area contributed by atoms with Gasteiger partial charge in [-0.1, -0.05) is 56.5 Å². The number of nitrogens with two attached hydrogens (primary N) is 1. The van der Waals surface area contributed by atoms with Crippen molar-refractivity contribution in [3.63, 3.8) is 0 Å². The molecule has 114 valence electrons. The molecule has 2 bridgehead atoms.